The summed E-state index contributed by atoms with van der Waals surface area (Å²) in [5.74, 6) is 0.588. The fourth-order valence-electron chi connectivity index (χ4n) is 1.49. The molecule has 0 aromatic rings. The highest BCUT2D eigenvalue weighted by atomic mass is 32.2. The van der Waals surface area contributed by atoms with Gasteiger partial charge in [-0.25, -0.2) is 0 Å². The second kappa shape index (κ2) is 6.98. The molecule has 1 rings (SSSR count). The van der Waals surface area contributed by atoms with Crippen molar-refractivity contribution in [1.82, 2.24) is 10.6 Å². The molecular formula is C10H20N2O3S. The van der Waals surface area contributed by atoms with Crippen LogP contribution < -0.4 is 10.6 Å². The SMILES string of the molecule is CC(CCS(C)=O)NC(=O)C1COCCN1. The van der Waals surface area contributed by atoms with Crippen molar-refractivity contribution in [2.75, 3.05) is 31.8 Å². The van der Waals surface area contributed by atoms with Crippen molar-refractivity contribution in [2.45, 2.75) is 25.4 Å². The van der Waals surface area contributed by atoms with Crippen LogP contribution in [0.25, 0.3) is 0 Å². The summed E-state index contributed by atoms with van der Waals surface area (Å²) in [7, 11) is -0.797. The summed E-state index contributed by atoms with van der Waals surface area (Å²) in [6, 6.07) is -0.191. The highest BCUT2D eigenvalue weighted by Crippen LogP contribution is 1.97. The lowest BCUT2D eigenvalue weighted by molar-refractivity contribution is -0.126. The molecule has 0 aromatic carbocycles. The van der Waals surface area contributed by atoms with E-state index in [0.29, 0.717) is 25.5 Å². The Morgan fingerprint density at radius 3 is 3.00 bits per heavy atom. The van der Waals surface area contributed by atoms with Crippen LogP contribution in [0.15, 0.2) is 0 Å². The van der Waals surface area contributed by atoms with E-state index in [1.54, 1.807) is 6.26 Å². The molecule has 0 radical (unpaired) electrons. The van der Waals surface area contributed by atoms with E-state index in [1.807, 2.05) is 6.92 Å². The van der Waals surface area contributed by atoms with Crippen LogP contribution >= 0.6 is 0 Å². The quantitative estimate of drug-likeness (QED) is 0.672. The smallest absolute Gasteiger partial charge is 0.239 e. The highest BCUT2D eigenvalue weighted by Gasteiger charge is 2.22. The highest BCUT2D eigenvalue weighted by molar-refractivity contribution is 7.84. The lowest BCUT2D eigenvalue weighted by atomic mass is 10.2. The van der Waals surface area contributed by atoms with Gasteiger partial charge in [0.1, 0.15) is 6.04 Å². The molecule has 0 aliphatic carbocycles. The standard InChI is InChI=1S/C10H20N2O3S/c1-8(3-6-16(2)14)12-10(13)9-7-15-5-4-11-9/h8-9,11H,3-7H2,1-2H3,(H,12,13). The Bertz CT molecular complexity index is 254. The minimum Gasteiger partial charge on any atom is -0.378 e. The van der Waals surface area contributed by atoms with Crippen LogP contribution in [-0.4, -0.2) is 54.0 Å². The van der Waals surface area contributed by atoms with Gasteiger partial charge in [-0.1, -0.05) is 0 Å². The Morgan fingerprint density at radius 1 is 1.69 bits per heavy atom. The topological polar surface area (TPSA) is 67.4 Å². The first-order valence-electron chi connectivity index (χ1n) is 5.51. The number of morpholine rings is 1. The summed E-state index contributed by atoms with van der Waals surface area (Å²) in [6.07, 6.45) is 2.41. The van der Waals surface area contributed by atoms with Crippen molar-refractivity contribution < 1.29 is 13.7 Å². The van der Waals surface area contributed by atoms with Crippen LogP contribution in [0.3, 0.4) is 0 Å². The van der Waals surface area contributed by atoms with Gasteiger partial charge in [0, 0.05) is 35.4 Å². The Kier molecular flexibility index (Phi) is 5.94. The van der Waals surface area contributed by atoms with Gasteiger partial charge in [0.25, 0.3) is 0 Å². The third kappa shape index (κ3) is 5.05. The molecule has 16 heavy (non-hydrogen) atoms. The molecule has 94 valence electrons. The van der Waals surface area contributed by atoms with E-state index in [-0.39, 0.29) is 18.0 Å². The van der Waals surface area contributed by atoms with E-state index < -0.39 is 10.8 Å². The van der Waals surface area contributed by atoms with Crippen LogP contribution in [-0.2, 0) is 20.3 Å². The lowest BCUT2D eigenvalue weighted by Crippen LogP contribution is -2.53. The molecule has 3 unspecified atom stereocenters. The monoisotopic (exact) mass is 248 g/mol. The molecule has 1 amide bonds. The first-order valence-corrected chi connectivity index (χ1v) is 7.24. The number of hydrogen-bond acceptors (Lipinski definition) is 4. The number of carbonyl (C=O) groups excluding carboxylic acids is 1. The number of carbonyl (C=O) groups is 1. The van der Waals surface area contributed by atoms with Gasteiger partial charge < -0.3 is 15.4 Å². The molecule has 1 aliphatic heterocycles. The fourth-order valence-corrected chi connectivity index (χ4v) is 2.18. The van der Waals surface area contributed by atoms with Crippen LogP contribution in [0, 0.1) is 0 Å². The number of hydrogen-bond donors (Lipinski definition) is 2. The second-order valence-corrected chi connectivity index (χ2v) is 5.61. The zero-order valence-electron chi connectivity index (χ0n) is 9.82. The van der Waals surface area contributed by atoms with Gasteiger partial charge in [-0.2, -0.15) is 0 Å². The maximum absolute atomic E-state index is 11.7. The number of nitrogens with one attached hydrogen (secondary N) is 2. The maximum atomic E-state index is 11.7. The average Bonchev–Trinajstić information content (AvgIpc) is 2.27. The number of amides is 1. The van der Waals surface area contributed by atoms with E-state index >= 15 is 0 Å². The van der Waals surface area contributed by atoms with Crippen molar-refractivity contribution in [2.24, 2.45) is 0 Å². The molecule has 0 saturated carbocycles. The summed E-state index contributed by atoms with van der Waals surface area (Å²) in [5, 5.41) is 5.98. The largest absolute Gasteiger partial charge is 0.378 e. The molecule has 0 spiro atoms. The Morgan fingerprint density at radius 2 is 2.44 bits per heavy atom. The van der Waals surface area contributed by atoms with E-state index in [1.165, 1.54) is 0 Å². The fraction of sp³-hybridized carbons (Fsp3) is 0.900. The predicted molar refractivity (Wildman–Crippen MR) is 63.8 cm³/mol. The van der Waals surface area contributed by atoms with Gasteiger partial charge in [-0.15, -0.1) is 0 Å². The normalized spacial score (nSPS) is 24.8. The summed E-state index contributed by atoms with van der Waals surface area (Å²) in [4.78, 5) is 11.7. The molecule has 0 bridgehead atoms. The third-order valence-corrected chi connectivity index (χ3v) is 3.28. The summed E-state index contributed by atoms with van der Waals surface area (Å²) >= 11 is 0. The van der Waals surface area contributed by atoms with Crippen LogP contribution in [0.4, 0.5) is 0 Å². The first-order chi connectivity index (χ1) is 7.59. The van der Waals surface area contributed by atoms with Crippen molar-refractivity contribution in [3.8, 4) is 0 Å². The number of rotatable bonds is 5. The summed E-state index contributed by atoms with van der Waals surface area (Å²) < 4.78 is 16.1. The summed E-state index contributed by atoms with van der Waals surface area (Å²) in [5.41, 5.74) is 0. The van der Waals surface area contributed by atoms with Gasteiger partial charge in [0.05, 0.1) is 13.2 Å². The molecule has 5 nitrogen and oxygen atoms in total. The van der Waals surface area contributed by atoms with Crippen LogP contribution in [0.2, 0.25) is 0 Å². The average molecular weight is 248 g/mol. The third-order valence-electron chi connectivity index (χ3n) is 2.47. The van der Waals surface area contributed by atoms with Crippen molar-refractivity contribution in [1.29, 1.82) is 0 Å². The zero-order valence-corrected chi connectivity index (χ0v) is 10.6. The van der Waals surface area contributed by atoms with Crippen molar-refractivity contribution in [3.63, 3.8) is 0 Å². The lowest BCUT2D eigenvalue weighted by Gasteiger charge is -2.24. The molecule has 1 aliphatic rings. The van der Waals surface area contributed by atoms with Crippen LogP contribution in [0.1, 0.15) is 13.3 Å². The first kappa shape index (κ1) is 13.6. The molecule has 6 heteroatoms. The van der Waals surface area contributed by atoms with Gasteiger partial charge in [-0.3, -0.25) is 9.00 Å². The minimum absolute atomic E-state index is 0.0333. The summed E-state index contributed by atoms with van der Waals surface area (Å²) in [6.45, 7) is 3.73. The van der Waals surface area contributed by atoms with Crippen molar-refractivity contribution >= 4 is 16.7 Å². The Labute approximate surface area is 98.8 Å². The molecule has 2 N–H and O–H groups in total. The van der Waals surface area contributed by atoms with E-state index in [4.69, 9.17) is 4.74 Å². The Hall–Kier alpha value is -0.460. The van der Waals surface area contributed by atoms with Crippen molar-refractivity contribution in [3.05, 3.63) is 0 Å². The molecule has 3 atom stereocenters. The predicted octanol–water partition coefficient (Wildman–Crippen LogP) is -0.752. The zero-order chi connectivity index (χ0) is 12.0. The Balaban J connectivity index is 2.23. The van der Waals surface area contributed by atoms with Gasteiger partial charge in [0.15, 0.2) is 0 Å². The maximum Gasteiger partial charge on any atom is 0.239 e. The number of ether oxygens (including phenoxy) is 1. The van der Waals surface area contributed by atoms with E-state index in [0.717, 1.165) is 6.42 Å². The van der Waals surface area contributed by atoms with Gasteiger partial charge >= 0.3 is 0 Å². The van der Waals surface area contributed by atoms with E-state index in [2.05, 4.69) is 10.6 Å². The molecular weight excluding hydrogens is 228 g/mol. The van der Waals surface area contributed by atoms with Gasteiger partial charge in [0.2, 0.25) is 5.91 Å². The molecule has 1 saturated heterocycles. The van der Waals surface area contributed by atoms with Crippen LogP contribution in [0.5, 0.6) is 0 Å². The minimum atomic E-state index is -0.797. The molecule has 1 heterocycles. The van der Waals surface area contributed by atoms with E-state index in [9.17, 15) is 9.00 Å². The van der Waals surface area contributed by atoms with Gasteiger partial charge in [-0.05, 0) is 13.3 Å². The molecule has 0 aromatic heterocycles. The molecule has 1 fully saturated rings. The second-order valence-electron chi connectivity index (χ2n) is 4.06.